The van der Waals surface area contributed by atoms with Crippen molar-refractivity contribution in [3.05, 3.63) is 35.9 Å². The fraction of sp³-hybridized carbons (Fsp3) is 0.588. The number of epoxide rings is 1. The van der Waals surface area contributed by atoms with Crippen LogP contribution in [0.15, 0.2) is 30.3 Å². The number of hydrogen-bond donors (Lipinski definition) is 1. The number of benzene rings is 1. The highest BCUT2D eigenvalue weighted by atomic mass is 16.6. The van der Waals surface area contributed by atoms with Gasteiger partial charge in [0, 0.05) is 0 Å². The molecule has 4 heteroatoms. The minimum absolute atomic E-state index is 0.116. The van der Waals surface area contributed by atoms with Gasteiger partial charge in [-0.15, -0.1) is 0 Å². The molecule has 1 aromatic carbocycles. The molecule has 1 saturated heterocycles. The van der Waals surface area contributed by atoms with Crippen LogP contribution in [0.25, 0.3) is 0 Å². The lowest BCUT2D eigenvalue weighted by molar-refractivity contribution is 0.0445. The summed E-state index contributed by atoms with van der Waals surface area (Å²) in [6, 6.07) is 9.92. The summed E-state index contributed by atoms with van der Waals surface area (Å²) < 4.78 is 11.1. The lowest BCUT2D eigenvalue weighted by Gasteiger charge is -2.30. The molecule has 2 rings (SSSR count). The molecular weight excluding hydrogens is 266 g/mol. The molecule has 0 aromatic heterocycles. The summed E-state index contributed by atoms with van der Waals surface area (Å²) in [6.07, 6.45) is -0.396. The third kappa shape index (κ3) is 3.76. The van der Waals surface area contributed by atoms with E-state index in [0.29, 0.717) is 6.61 Å². The molecule has 0 saturated carbocycles. The number of nitrogens with one attached hydrogen (secondary N) is 1. The maximum Gasteiger partial charge on any atom is 0.407 e. The van der Waals surface area contributed by atoms with Gasteiger partial charge in [-0.3, -0.25) is 0 Å². The quantitative estimate of drug-likeness (QED) is 0.864. The summed E-state index contributed by atoms with van der Waals surface area (Å²) in [5.74, 6) is 0.236. The van der Waals surface area contributed by atoms with Gasteiger partial charge in [0.2, 0.25) is 0 Å². The van der Waals surface area contributed by atoms with Crippen molar-refractivity contribution in [1.82, 2.24) is 5.32 Å². The molecule has 116 valence electrons. The predicted octanol–water partition coefficient (Wildman–Crippen LogP) is 3.46. The van der Waals surface area contributed by atoms with E-state index in [-0.39, 0.29) is 12.0 Å². The topological polar surface area (TPSA) is 50.9 Å². The van der Waals surface area contributed by atoms with E-state index in [1.54, 1.807) is 0 Å². The average molecular weight is 291 g/mol. The number of carbonyl (C=O) groups is 1. The summed E-state index contributed by atoms with van der Waals surface area (Å²) >= 11 is 0. The van der Waals surface area contributed by atoms with Crippen LogP contribution in [0.5, 0.6) is 0 Å². The number of alkyl carbamates (subject to hydrolysis) is 1. The smallest absolute Gasteiger partial charge is 0.407 e. The Labute approximate surface area is 126 Å². The van der Waals surface area contributed by atoms with Crippen molar-refractivity contribution < 1.29 is 14.3 Å². The Hall–Kier alpha value is -1.55. The van der Waals surface area contributed by atoms with Crippen LogP contribution in [0.1, 0.15) is 40.2 Å². The fourth-order valence-electron chi connectivity index (χ4n) is 2.58. The molecule has 2 atom stereocenters. The van der Waals surface area contributed by atoms with Crippen LogP contribution < -0.4 is 5.32 Å². The van der Waals surface area contributed by atoms with Crippen molar-refractivity contribution in [2.45, 2.75) is 51.9 Å². The fourth-order valence-corrected chi connectivity index (χ4v) is 2.58. The molecule has 4 nitrogen and oxygen atoms in total. The molecule has 0 unspecified atom stereocenters. The molecular formula is C17H25NO3. The van der Waals surface area contributed by atoms with Crippen LogP contribution in [0.3, 0.4) is 0 Å². The SMILES string of the molecule is CC(C)[C@@H](NC(=O)OC(C)(C)C)[C@@]1(c2ccccc2)CO1. The van der Waals surface area contributed by atoms with Gasteiger partial charge in [-0.1, -0.05) is 44.2 Å². The van der Waals surface area contributed by atoms with Crippen molar-refractivity contribution in [3.63, 3.8) is 0 Å². The summed E-state index contributed by atoms with van der Waals surface area (Å²) in [5, 5.41) is 2.99. The Bertz CT molecular complexity index is 487. The molecule has 0 spiro atoms. The Kier molecular flexibility index (Phi) is 4.28. The zero-order chi connectivity index (χ0) is 15.7. The van der Waals surface area contributed by atoms with Crippen LogP contribution in [0, 0.1) is 5.92 Å². The summed E-state index contributed by atoms with van der Waals surface area (Å²) in [4.78, 5) is 12.1. The molecule has 1 aliphatic rings. The molecule has 0 bridgehead atoms. The maximum absolute atomic E-state index is 12.1. The molecule has 1 amide bonds. The number of amides is 1. The van der Waals surface area contributed by atoms with Crippen molar-refractivity contribution in [2.24, 2.45) is 5.92 Å². The first-order valence-electron chi connectivity index (χ1n) is 7.43. The standard InChI is InChI=1S/C17H25NO3/c1-12(2)14(18-15(19)21-16(3,4)5)17(11-20-17)13-9-7-6-8-10-13/h6-10,12,14H,11H2,1-5H3,(H,18,19)/t14-,17+/m1/s1. The molecule has 1 N–H and O–H groups in total. The van der Waals surface area contributed by atoms with Gasteiger partial charge in [0.25, 0.3) is 0 Å². The van der Waals surface area contributed by atoms with Crippen molar-refractivity contribution in [1.29, 1.82) is 0 Å². The zero-order valence-electron chi connectivity index (χ0n) is 13.5. The predicted molar refractivity (Wildman–Crippen MR) is 82.1 cm³/mol. The Morgan fingerprint density at radius 2 is 1.86 bits per heavy atom. The van der Waals surface area contributed by atoms with Crippen LogP contribution >= 0.6 is 0 Å². The average Bonchev–Trinajstić information content (AvgIpc) is 3.16. The highest BCUT2D eigenvalue weighted by Gasteiger charge is 2.54. The van der Waals surface area contributed by atoms with E-state index >= 15 is 0 Å². The lowest BCUT2D eigenvalue weighted by Crippen LogP contribution is -2.49. The molecule has 1 heterocycles. The first-order chi connectivity index (χ1) is 9.74. The minimum atomic E-state index is -0.504. The molecule has 0 aliphatic carbocycles. The van der Waals surface area contributed by atoms with Crippen molar-refractivity contribution in [3.8, 4) is 0 Å². The van der Waals surface area contributed by atoms with E-state index in [9.17, 15) is 4.79 Å². The monoisotopic (exact) mass is 291 g/mol. The molecule has 0 radical (unpaired) electrons. The van der Waals surface area contributed by atoms with E-state index in [1.165, 1.54) is 0 Å². The Morgan fingerprint density at radius 3 is 2.29 bits per heavy atom. The van der Waals surface area contributed by atoms with Gasteiger partial charge in [-0.05, 0) is 32.3 Å². The third-order valence-electron chi connectivity index (χ3n) is 3.56. The van der Waals surface area contributed by atoms with Crippen molar-refractivity contribution >= 4 is 6.09 Å². The number of carbonyl (C=O) groups excluding carboxylic acids is 1. The van der Waals surface area contributed by atoms with Gasteiger partial charge < -0.3 is 14.8 Å². The highest BCUT2D eigenvalue weighted by Crippen LogP contribution is 2.44. The summed E-state index contributed by atoms with van der Waals surface area (Å²) in [7, 11) is 0. The summed E-state index contributed by atoms with van der Waals surface area (Å²) in [6.45, 7) is 10.4. The normalized spacial score (nSPS) is 22.8. The number of rotatable bonds is 4. The number of hydrogen-bond acceptors (Lipinski definition) is 3. The maximum atomic E-state index is 12.1. The van der Waals surface area contributed by atoms with Crippen LogP contribution in [0.4, 0.5) is 4.79 Å². The molecule has 1 aromatic rings. The van der Waals surface area contributed by atoms with E-state index < -0.39 is 17.3 Å². The van der Waals surface area contributed by atoms with Gasteiger partial charge in [-0.2, -0.15) is 0 Å². The third-order valence-corrected chi connectivity index (χ3v) is 3.56. The van der Waals surface area contributed by atoms with Crippen LogP contribution in [-0.4, -0.2) is 24.3 Å². The second-order valence-corrected chi connectivity index (χ2v) is 6.91. The summed E-state index contributed by atoms with van der Waals surface area (Å²) in [5.41, 5.74) is 0.169. The largest absolute Gasteiger partial charge is 0.444 e. The number of ether oxygens (including phenoxy) is 2. The lowest BCUT2D eigenvalue weighted by atomic mass is 9.85. The van der Waals surface area contributed by atoms with Gasteiger partial charge in [0.15, 0.2) is 0 Å². The second kappa shape index (κ2) is 5.68. The van der Waals surface area contributed by atoms with Crippen LogP contribution in [-0.2, 0) is 15.1 Å². The van der Waals surface area contributed by atoms with Gasteiger partial charge in [0.05, 0.1) is 12.6 Å². The zero-order valence-corrected chi connectivity index (χ0v) is 13.5. The Morgan fingerprint density at radius 1 is 1.29 bits per heavy atom. The van der Waals surface area contributed by atoms with E-state index in [1.807, 2.05) is 51.1 Å². The van der Waals surface area contributed by atoms with Gasteiger partial charge in [-0.25, -0.2) is 4.79 Å². The van der Waals surface area contributed by atoms with Gasteiger partial charge >= 0.3 is 6.09 Å². The second-order valence-electron chi connectivity index (χ2n) is 6.91. The first-order valence-corrected chi connectivity index (χ1v) is 7.43. The molecule has 1 fully saturated rings. The van der Waals surface area contributed by atoms with E-state index in [0.717, 1.165) is 5.56 Å². The van der Waals surface area contributed by atoms with Crippen LogP contribution in [0.2, 0.25) is 0 Å². The Balaban J connectivity index is 2.15. The highest BCUT2D eigenvalue weighted by molar-refractivity contribution is 5.68. The van der Waals surface area contributed by atoms with E-state index in [2.05, 4.69) is 19.2 Å². The molecule has 1 aliphatic heterocycles. The minimum Gasteiger partial charge on any atom is -0.444 e. The van der Waals surface area contributed by atoms with Crippen molar-refractivity contribution in [2.75, 3.05) is 6.61 Å². The first kappa shape index (κ1) is 15.8. The van der Waals surface area contributed by atoms with E-state index in [4.69, 9.17) is 9.47 Å². The molecule has 21 heavy (non-hydrogen) atoms. The van der Waals surface area contributed by atoms with Gasteiger partial charge in [0.1, 0.15) is 11.2 Å².